The van der Waals surface area contributed by atoms with Crippen molar-refractivity contribution in [3.63, 3.8) is 0 Å². The number of aryl methyl sites for hydroxylation is 4. The van der Waals surface area contributed by atoms with Crippen LogP contribution in [-0.2, 0) is 25.7 Å². The number of hydrogen-bond donors (Lipinski definition) is 1. The van der Waals surface area contributed by atoms with Gasteiger partial charge in [-0.05, 0) is 72.2 Å². The van der Waals surface area contributed by atoms with Gasteiger partial charge in [-0.3, -0.25) is 0 Å². The molecule has 0 radical (unpaired) electrons. The maximum Gasteiger partial charge on any atom is 0.0384 e. The van der Waals surface area contributed by atoms with Gasteiger partial charge in [-0.1, -0.05) is 121 Å². The molecule has 0 bridgehead atoms. The minimum atomic E-state index is 1.11. The molecular weight excluding hydrogens is 422 g/mol. The van der Waals surface area contributed by atoms with E-state index in [-0.39, 0.29) is 0 Å². The van der Waals surface area contributed by atoms with Crippen LogP contribution >= 0.6 is 0 Å². The molecule has 1 nitrogen and oxygen atoms in total. The molecule has 0 saturated heterocycles. The second-order valence-corrected chi connectivity index (χ2v) is 8.64. The van der Waals surface area contributed by atoms with Crippen molar-refractivity contribution in [2.45, 2.75) is 25.7 Å². The quantitative estimate of drug-likeness (QED) is 0.247. The zero-order valence-corrected chi connectivity index (χ0v) is 20.2. The fraction of sp³-hybridized carbons (Fsp3) is 0.118. The van der Waals surface area contributed by atoms with Crippen LogP contribution < -0.4 is 5.32 Å². The summed E-state index contributed by atoms with van der Waals surface area (Å²) in [7, 11) is 0. The molecule has 0 amide bonds. The molecule has 0 aliphatic carbocycles. The Labute approximate surface area is 210 Å². The van der Waals surface area contributed by atoms with E-state index in [4.69, 9.17) is 0 Å². The minimum absolute atomic E-state index is 1.11. The van der Waals surface area contributed by atoms with E-state index in [2.05, 4.69) is 90.2 Å². The molecule has 0 aliphatic rings. The highest BCUT2D eigenvalue weighted by atomic mass is 14.9. The van der Waals surface area contributed by atoms with Gasteiger partial charge in [-0.2, -0.15) is 0 Å². The first-order valence-corrected chi connectivity index (χ1v) is 12.4. The van der Waals surface area contributed by atoms with Crippen LogP contribution in [-0.4, -0.2) is 0 Å². The first-order chi connectivity index (χ1) is 17.3. The third-order valence-electron chi connectivity index (χ3n) is 5.95. The van der Waals surface area contributed by atoms with Gasteiger partial charge in [0.1, 0.15) is 0 Å². The predicted octanol–water partition coefficient (Wildman–Crippen LogP) is 8.69. The van der Waals surface area contributed by atoms with E-state index in [1.165, 1.54) is 22.3 Å². The monoisotopic (exact) mass is 455 g/mol. The molecule has 35 heavy (non-hydrogen) atoms. The minimum Gasteiger partial charge on any atom is -0.356 e. The van der Waals surface area contributed by atoms with Crippen LogP contribution in [0.25, 0.3) is 0 Å². The molecule has 1 N–H and O–H groups in total. The van der Waals surface area contributed by atoms with Crippen LogP contribution in [0.1, 0.15) is 22.3 Å². The van der Waals surface area contributed by atoms with Gasteiger partial charge in [0.15, 0.2) is 0 Å². The standard InChI is InChI=1S/C22H22.C12H11N/c1-3-7-19(8-4-1)11-13-21-15-17-22(18-16-21)14-12-20-9-5-2-6-10-20;1-3-7-11(8-4-1)13-12-9-5-2-6-10-12/h1-10,15-18H,11-14H2;1-10,13H. The second kappa shape index (κ2) is 13.6. The molecule has 0 aliphatic heterocycles. The molecule has 0 saturated carbocycles. The predicted molar refractivity (Wildman–Crippen MR) is 150 cm³/mol. The molecule has 0 fully saturated rings. The average Bonchev–Trinajstić information content (AvgIpc) is 2.94. The van der Waals surface area contributed by atoms with E-state index < -0.39 is 0 Å². The molecular formula is C34H33N. The molecule has 0 atom stereocenters. The van der Waals surface area contributed by atoms with Gasteiger partial charge in [0.2, 0.25) is 0 Å². The summed E-state index contributed by atoms with van der Waals surface area (Å²) < 4.78 is 0. The number of hydrogen-bond acceptors (Lipinski definition) is 1. The first-order valence-electron chi connectivity index (χ1n) is 12.4. The van der Waals surface area contributed by atoms with Crippen molar-refractivity contribution >= 4 is 11.4 Å². The van der Waals surface area contributed by atoms with E-state index in [0.29, 0.717) is 0 Å². The number of rotatable bonds is 8. The van der Waals surface area contributed by atoms with E-state index in [1.54, 1.807) is 0 Å². The molecule has 174 valence electrons. The Morgan fingerprint density at radius 1 is 0.286 bits per heavy atom. The Morgan fingerprint density at radius 2 is 0.543 bits per heavy atom. The maximum absolute atomic E-state index is 3.30. The van der Waals surface area contributed by atoms with Gasteiger partial charge in [-0.25, -0.2) is 0 Å². The lowest BCUT2D eigenvalue weighted by Gasteiger charge is -2.05. The summed E-state index contributed by atoms with van der Waals surface area (Å²) in [6, 6.07) is 50.8. The largest absolute Gasteiger partial charge is 0.356 e. The molecule has 5 aromatic carbocycles. The molecule has 0 unspecified atom stereocenters. The third kappa shape index (κ3) is 8.64. The van der Waals surface area contributed by atoms with Crippen LogP contribution in [0.15, 0.2) is 146 Å². The molecule has 5 rings (SSSR count). The van der Waals surface area contributed by atoms with E-state index in [1.807, 2.05) is 60.7 Å². The molecule has 0 aromatic heterocycles. The van der Waals surface area contributed by atoms with Crippen molar-refractivity contribution in [1.29, 1.82) is 0 Å². The van der Waals surface area contributed by atoms with Gasteiger partial charge < -0.3 is 5.32 Å². The number of anilines is 2. The smallest absolute Gasteiger partial charge is 0.0384 e. The summed E-state index contributed by atoms with van der Waals surface area (Å²) in [6.07, 6.45) is 4.46. The third-order valence-corrected chi connectivity index (χ3v) is 5.95. The Hall–Kier alpha value is -4.10. The van der Waals surface area contributed by atoms with Crippen LogP contribution in [0, 0.1) is 0 Å². The fourth-order valence-electron chi connectivity index (χ4n) is 3.95. The maximum atomic E-state index is 3.30. The van der Waals surface area contributed by atoms with Gasteiger partial charge in [0.25, 0.3) is 0 Å². The summed E-state index contributed by atoms with van der Waals surface area (Å²) >= 11 is 0. The van der Waals surface area contributed by atoms with Gasteiger partial charge in [0.05, 0.1) is 0 Å². The zero-order valence-electron chi connectivity index (χ0n) is 20.2. The number of nitrogens with one attached hydrogen (secondary N) is 1. The van der Waals surface area contributed by atoms with Crippen molar-refractivity contribution in [2.24, 2.45) is 0 Å². The van der Waals surface area contributed by atoms with Crippen LogP contribution in [0.2, 0.25) is 0 Å². The lowest BCUT2D eigenvalue weighted by molar-refractivity contribution is 0.940. The van der Waals surface area contributed by atoms with Crippen molar-refractivity contribution in [3.05, 3.63) is 168 Å². The summed E-state index contributed by atoms with van der Waals surface area (Å²) in [5.41, 5.74) is 7.91. The fourth-order valence-corrected chi connectivity index (χ4v) is 3.95. The summed E-state index contributed by atoms with van der Waals surface area (Å²) in [5.74, 6) is 0. The van der Waals surface area contributed by atoms with Crippen molar-refractivity contribution < 1.29 is 0 Å². The van der Waals surface area contributed by atoms with Crippen molar-refractivity contribution in [2.75, 3.05) is 5.32 Å². The highest BCUT2D eigenvalue weighted by molar-refractivity contribution is 5.58. The Bertz CT molecular complexity index is 1120. The van der Waals surface area contributed by atoms with Gasteiger partial charge >= 0.3 is 0 Å². The summed E-state index contributed by atoms with van der Waals surface area (Å²) in [5, 5.41) is 3.30. The van der Waals surface area contributed by atoms with Gasteiger partial charge in [0, 0.05) is 11.4 Å². The second-order valence-electron chi connectivity index (χ2n) is 8.64. The van der Waals surface area contributed by atoms with Crippen LogP contribution in [0.3, 0.4) is 0 Å². The highest BCUT2D eigenvalue weighted by Crippen LogP contribution is 2.14. The van der Waals surface area contributed by atoms with Crippen molar-refractivity contribution in [1.82, 2.24) is 0 Å². The SMILES string of the molecule is c1ccc(CCc2ccc(CCc3ccccc3)cc2)cc1.c1ccc(Nc2ccccc2)cc1. The highest BCUT2D eigenvalue weighted by Gasteiger charge is 1.98. The van der Waals surface area contributed by atoms with E-state index in [9.17, 15) is 0 Å². The van der Waals surface area contributed by atoms with Crippen molar-refractivity contribution in [3.8, 4) is 0 Å². The van der Waals surface area contributed by atoms with E-state index in [0.717, 1.165) is 37.1 Å². The lowest BCUT2D eigenvalue weighted by atomic mass is 10.0. The lowest BCUT2D eigenvalue weighted by Crippen LogP contribution is -1.94. The van der Waals surface area contributed by atoms with E-state index >= 15 is 0 Å². The summed E-state index contributed by atoms with van der Waals surface area (Å²) in [6.45, 7) is 0. The van der Waals surface area contributed by atoms with Crippen LogP contribution in [0.5, 0.6) is 0 Å². The Kier molecular flexibility index (Phi) is 9.32. The molecule has 0 heterocycles. The normalized spacial score (nSPS) is 10.2. The van der Waals surface area contributed by atoms with Crippen LogP contribution in [0.4, 0.5) is 11.4 Å². The summed E-state index contributed by atoms with van der Waals surface area (Å²) in [4.78, 5) is 0. The Morgan fingerprint density at radius 3 is 0.857 bits per heavy atom. The zero-order chi connectivity index (χ0) is 24.0. The van der Waals surface area contributed by atoms with Gasteiger partial charge in [-0.15, -0.1) is 0 Å². The first kappa shape index (κ1) is 24.0. The molecule has 1 heteroatoms. The average molecular weight is 456 g/mol. The molecule has 0 spiro atoms. The molecule has 5 aromatic rings. The topological polar surface area (TPSA) is 12.0 Å². The number of benzene rings is 5. The Balaban J connectivity index is 0.000000189. The number of para-hydroxylation sites is 2.